The Balaban J connectivity index is 1.95. The van der Waals surface area contributed by atoms with Gasteiger partial charge in [0.1, 0.15) is 10.7 Å². The van der Waals surface area contributed by atoms with Crippen LogP contribution < -0.4 is 5.73 Å². The number of H-pyrrole nitrogens is 1. The second-order valence-electron chi connectivity index (χ2n) is 5.74. The Labute approximate surface area is 159 Å². The highest BCUT2D eigenvalue weighted by Crippen LogP contribution is 2.24. The van der Waals surface area contributed by atoms with Crippen LogP contribution in [0.5, 0.6) is 0 Å². The third-order valence-electron chi connectivity index (χ3n) is 3.85. The van der Waals surface area contributed by atoms with Crippen molar-refractivity contribution in [1.29, 1.82) is 0 Å². The van der Waals surface area contributed by atoms with E-state index in [2.05, 4.69) is 20.3 Å². The lowest BCUT2D eigenvalue weighted by Crippen LogP contribution is -2.13. The summed E-state index contributed by atoms with van der Waals surface area (Å²) in [6, 6.07) is 7.33. The number of aromatic amines is 1. The van der Waals surface area contributed by atoms with E-state index in [1.54, 1.807) is 17.8 Å². The van der Waals surface area contributed by atoms with Gasteiger partial charge in [-0.2, -0.15) is 10.2 Å². The fraction of sp³-hybridized carbons (Fsp3) is 0.176. The summed E-state index contributed by atoms with van der Waals surface area (Å²) in [4.78, 5) is 16.2. The molecule has 1 amide bonds. The van der Waals surface area contributed by atoms with Gasteiger partial charge < -0.3 is 5.73 Å². The van der Waals surface area contributed by atoms with Crippen LogP contribution in [0.1, 0.15) is 32.9 Å². The number of nitrogens with one attached hydrogen (secondary N) is 1. The molecule has 3 aromatic rings. The Morgan fingerprint density at radius 1 is 1.42 bits per heavy atom. The Morgan fingerprint density at radius 3 is 2.81 bits per heavy atom. The number of amides is 1. The van der Waals surface area contributed by atoms with E-state index in [0.29, 0.717) is 27.9 Å². The average Bonchev–Trinajstić information content (AvgIpc) is 3.07. The smallest absolute Gasteiger partial charge is 0.254 e. The molecular weight excluding hydrogens is 375 g/mol. The number of rotatable bonds is 5. The van der Waals surface area contributed by atoms with Crippen LogP contribution in [-0.2, 0) is 13.5 Å². The van der Waals surface area contributed by atoms with Gasteiger partial charge in [0.05, 0.1) is 17.0 Å². The maximum atomic E-state index is 11.9. The molecule has 0 fully saturated rings. The predicted octanol–water partition coefficient (Wildman–Crippen LogP) is 3.20. The van der Waals surface area contributed by atoms with E-state index >= 15 is 0 Å². The lowest BCUT2D eigenvalue weighted by Gasteiger charge is -2.02. The van der Waals surface area contributed by atoms with Crippen LogP contribution in [0.2, 0.25) is 10.2 Å². The number of primary amides is 1. The molecule has 9 heteroatoms. The van der Waals surface area contributed by atoms with Crippen molar-refractivity contribution in [2.45, 2.75) is 13.3 Å². The molecule has 0 spiro atoms. The summed E-state index contributed by atoms with van der Waals surface area (Å²) >= 11 is 12.2. The van der Waals surface area contributed by atoms with Crippen molar-refractivity contribution in [2.24, 2.45) is 17.8 Å². The van der Waals surface area contributed by atoms with Crippen molar-refractivity contribution in [3.05, 3.63) is 62.5 Å². The Hall–Kier alpha value is -2.64. The van der Waals surface area contributed by atoms with E-state index in [-0.39, 0.29) is 11.4 Å². The van der Waals surface area contributed by atoms with Crippen molar-refractivity contribution in [2.75, 3.05) is 0 Å². The molecule has 0 aliphatic heterocycles. The summed E-state index contributed by atoms with van der Waals surface area (Å²) in [6.45, 7) is 1.82. The normalized spacial score (nSPS) is 11.4. The lowest BCUT2D eigenvalue weighted by atomic mass is 10.1. The quantitative estimate of drug-likeness (QED) is 0.653. The molecule has 0 radical (unpaired) electrons. The van der Waals surface area contributed by atoms with E-state index in [4.69, 9.17) is 28.9 Å². The molecule has 0 atom stereocenters. The van der Waals surface area contributed by atoms with Crippen molar-refractivity contribution in [3.63, 3.8) is 0 Å². The first-order valence-electron chi connectivity index (χ1n) is 7.71. The van der Waals surface area contributed by atoms with Crippen LogP contribution in [0.3, 0.4) is 0 Å². The zero-order chi connectivity index (χ0) is 18.8. The second-order valence-corrected chi connectivity index (χ2v) is 6.54. The number of nitrogens with zero attached hydrogens (tertiary/aromatic N) is 4. The van der Waals surface area contributed by atoms with E-state index in [1.807, 2.05) is 25.1 Å². The molecule has 0 saturated carbocycles. The maximum Gasteiger partial charge on any atom is 0.254 e. The molecule has 0 unspecified atom stereocenters. The highest BCUT2D eigenvalue weighted by Gasteiger charge is 2.18. The van der Waals surface area contributed by atoms with Gasteiger partial charge in [0.2, 0.25) is 0 Å². The summed E-state index contributed by atoms with van der Waals surface area (Å²) in [5.41, 5.74) is 8.64. The number of hydrogen-bond acceptors (Lipinski definition) is 4. The average molecular weight is 391 g/mol. The number of benzene rings is 1. The molecule has 7 nitrogen and oxygen atoms in total. The first-order valence-corrected chi connectivity index (χ1v) is 8.47. The van der Waals surface area contributed by atoms with Crippen LogP contribution in [0.25, 0.3) is 0 Å². The summed E-state index contributed by atoms with van der Waals surface area (Å²) in [6.07, 6.45) is 1.95. The summed E-state index contributed by atoms with van der Waals surface area (Å²) in [5.74, 6) is -0.411. The van der Waals surface area contributed by atoms with Crippen LogP contribution in [0.15, 0.2) is 29.3 Å². The number of aryl methyl sites for hydroxylation is 2. The van der Waals surface area contributed by atoms with Gasteiger partial charge in [-0.05, 0) is 24.6 Å². The van der Waals surface area contributed by atoms with Crippen LogP contribution >= 0.6 is 23.2 Å². The largest absolute Gasteiger partial charge is 0.365 e. The minimum atomic E-state index is -0.614. The number of aromatic nitrogens is 4. The van der Waals surface area contributed by atoms with Crippen LogP contribution in [0.4, 0.5) is 5.82 Å². The van der Waals surface area contributed by atoms with Gasteiger partial charge in [-0.25, -0.2) is 4.99 Å². The number of hydrogen-bond donors (Lipinski definition) is 2. The van der Waals surface area contributed by atoms with Gasteiger partial charge in [-0.15, -0.1) is 0 Å². The molecule has 0 aliphatic rings. The van der Waals surface area contributed by atoms with Gasteiger partial charge in [-0.1, -0.05) is 35.3 Å². The van der Waals surface area contributed by atoms with Gasteiger partial charge in [0.15, 0.2) is 5.82 Å². The third-order valence-corrected chi connectivity index (χ3v) is 4.53. The summed E-state index contributed by atoms with van der Waals surface area (Å²) in [7, 11) is 1.74. The maximum absolute atomic E-state index is 11.9. The number of aliphatic imine (C=N–C) groups is 1. The number of halogens is 2. The van der Waals surface area contributed by atoms with Gasteiger partial charge in [0, 0.05) is 24.7 Å². The lowest BCUT2D eigenvalue weighted by molar-refractivity contribution is 0.100. The monoisotopic (exact) mass is 390 g/mol. The van der Waals surface area contributed by atoms with Crippen LogP contribution in [0, 0.1) is 6.92 Å². The molecule has 3 rings (SSSR count). The molecule has 0 aliphatic carbocycles. The predicted molar refractivity (Wildman–Crippen MR) is 102 cm³/mol. The van der Waals surface area contributed by atoms with Gasteiger partial charge >= 0.3 is 0 Å². The first-order chi connectivity index (χ1) is 12.4. The molecule has 2 aromatic heterocycles. The molecule has 0 saturated heterocycles. The van der Waals surface area contributed by atoms with Crippen molar-refractivity contribution in [1.82, 2.24) is 20.0 Å². The molecule has 2 heterocycles. The Morgan fingerprint density at radius 2 is 2.19 bits per heavy atom. The minimum Gasteiger partial charge on any atom is -0.365 e. The topological polar surface area (TPSA) is 102 Å². The fourth-order valence-corrected chi connectivity index (χ4v) is 3.05. The van der Waals surface area contributed by atoms with E-state index in [1.165, 1.54) is 6.21 Å². The number of carbonyl (C=O) groups is 1. The van der Waals surface area contributed by atoms with Crippen molar-refractivity contribution in [3.8, 4) is 0 Å². The summed E-state index contributed by atoms with van der Waals surface area (Å²) < 4.78 is 1.54. The van der Waals surface area contributed by atoms with E-state index < -0.39 is 5.91 Å². The third kappa shape index (κ3) is 3.63. The Bertz CT molecular complexity index is 1000. The molecular formula is C17H16Cl2N6O. The standard InChI is InChI=1S/C17H16Cl2N6O/c1-9-12(15(19)25(2)24-9)8-21-17-14(16(20)26)13(22-23-17)7-10-4-3-5-11(18)6-10/h3-6,8H,7H2,1-2H3,(H2,20,26)(H,22,23). The molecule has 1 aromatic carbocycles. The van der Waals surface area contributed by atoms with Gasteiger partial charge in [0.25, 0.3) is 5.91 Å². The first kappa shape index (κ1) is 18.2. The summed E-state index contributed by atoms with van der Waals surface area (Å²) in [5, 5.41) is 12.2. The number of nitrogens with two attached hydrogens (primary N) is 1. The highest BCUT2D eigenvalue weighted by atomic mass is 35.5. The zero-order valence-electron chi connectivity index (χ0n) is 14.1. The molecule has 3 N–H and O–H groups in total. The second kappa shape index (κ2) is 7.31. The van der Waals surface area contributed by atoms with Crippen LogP contribution in [-0.4, -0.2) is 32.1 Å². The van der Waals surface area contributed by atoms with Crippen molar-refractivity contribution >= 4 is 41.1 Å². The molecule has 134 valence electrons. The van der Waals surface area contributed by atoms with Gasteiger partial charge in [-0.3, -0.25) is 14.6 Å². The zero-order valence-corrected chi connectivity index (χ0v) is 15.6. The Kier molecular flexibility index (Phi) is 5.11. The number of carbonyl (C=O) groups excluding carboxylic acids is 1. The molecule has 0 bridgehead atoms. The van der Waals surface area contributed by atoms with E-state index in [0.717, 1.165) is 11.3 Å². The van der Waals surface area contributed by atoms with E-state index in [9.17, 15) is 4.79 Å². The van der Waals surface area contributed by atoms with Crippen molar-refractivity contribution < 1.29 is 4.79 Å². The fourth-order valence-electron chi connectivity index (χ4n) is 2.62. The SMILES string of the molecule is Cc1nn(C)c(Cl)c1C=Nc1n[nH]c(Cc2cccc(Cl)c2)c1C(N)=O. The minimum absolute atomic E-state index is 0.203. The molecule has 26 heavy (non-hydrogen) atoms. The highest BCUT2D eigenvalue weighted by molar-refractivity contribution is 6.32.